The van der Waals surface area contributed by atoms with Crippen LogP contribution in [-0.4, -0.2) is 6.54 Å². The van der Waals surface area contributed by atoms with E-state index in [1.165, 1.54) is 0 Å². The van der Waals surface area contributed by atoms with E-state index in [1.807, 2.05) is 0 Å². The van der Waals surface area contributed by atoms with Gasteiger partial charge in [-0.1, -0.05) is 6.07 Å². The maximum absolute atomic E-state index is 12.9. The van der Waals surface area contributed by atoms with Crippen LogP contribution in [0.25, 0.3) is 0 Å². The van der Waals surface area contributed by atoms with Gasteiger partial charge in [0.15, 0.2) is 17.5 Å². The van der Waals surface area contributed by atoms with Crippen molar-refractivity contribution in [2.45, 2.75) is 6.04 Å². The first-order valence-electron chi connectivity index (χ1n) is 3.67. The SMILES string of the molecule is Cl.NC[C@@H](N)c1ccc(F)c(F)c1F. The monoisotopic (exact) mass is 226 g/mol. The van der Waals surface area contributed by atoms with Crippen molar-refractivity contribution in [2.24, 2.45) is 11.5 Å². The highest BCUT2D eigenvalue weighted by atomic mass is 35.5. The quantitative estimate of drug-likeness (QED) is 0.751. The lowest BCUT2D eigenvalue weighted by atomic mass is 10.1. The number of nitrogens with two attached hydrogens (primary N) is 2. The minimum absolute atomic E-state index is 0. The topological polar surface area (TPSA) is 52.0 Å². The molecule has 0 aromatic heterocycles. The van der Waals surface area contributed by atoms with Crippen molar-refractivity contribution in [3.8, 4) is 0 Å². The molecular formula is C8H10ClF3N2. The first-order valence-corrected chi connectivity index (χ1v) is 3.67. The second-order valence-corrected chi connectivity index (χ2v) is 2.61. The molecule has 4 N–H and O–H groups in total. The van der Waals surface area contributed by atoms with Crippen LogP contribution in [0.15, 0.2) is 12.1 Å². The van der Waals surface area contributed by atoms with Crippen molar-refractivity contribution in [3.05, 3.63) is 35.1 Å². The minimum Gasteiger partial charge on any atom is -0.329 e. The van der Waals surface area contributed by atoms with Crippen LogP contribution < -0.4 is 11.5 Å². The Morgan fingerprint density at radius 2 is 1.71 bits per heavy atom. The lowest BCUT2D eigenvalue weighted by Gasteiger charge is -2.10. The van der Waals surface area contributed by atoms with Crippen LogP contribution in [0.4, 0.5) is 13.2 Å². The zero-order chi connectivity index (χ0) is 10.0. The van der Waals surface area contributed by atoms with Gasteiger partial charge in [0.25, 0.3) is 0 Å². The summed E-state index contributed by atoms with van der Waals surface area (Å²) >= 11 is 0. The maximum atomic E-state index is 12.9. The van der Waals surface area contributed by atoms with Gasteiger partial charge < -0.3 is 11.5 Å². The van der Waals surface area contributed by atoms with E-state index in [-0.39, 0.29) is 24.5 Å². The zero-order valence-corrected chi connectivity index (χ0v) is 7.95. The molecule has 0 heterocycles. The number of rotatable bonds is 2. The summed E-state index contributed by atoms with van der Waals surface area (Å²) in [5, 5.41) is 0. The molecule has 0 saturated carbocycles. The molecule has 2 nitrogen and oxygen atoms in total. The van der Waals surface area contributed by atoms with Gasteiger partial charge in [-0.05, 0) is 6.07 Å². The average molecular weight is 227 g/mol. The smallest absolute Gasteiger partial charge is 0.194 e. The van der Waals surface area contributed by atoms with E-state index in [4.69, 9.17) is 11.5 Å². The molecule has 0 bridgehead atoms. The highest BCUT2D eigenvalue weighted by Crippen LogP contribution is 2.19. The summed E-state index contributed by atoms with van der Waals surface area (Å²) in [5.41, 5.74) is 10.4. The molecule has 0 fully saturated rings. The van der Waals surface area contributed by atoms with Crippen molar-refractivity contribution in [1.29, 1.82) is 0 Å². The second kappa shape index (κ2) is 5.19. The first kappa shape index (κ1) is 13.2. The van der Waals surface area contributed by atoms with Crippen molar-refractivity contribution < 1.29 is 13.2 Å². The third kappa shape index (κ3) is 2.37. The van der Waals surface area contributed by atoms with Gasteiger partial charge in [0.2, 0.25) is 0 Å². The highest BCUT2D eigenvalue weighted by Gasteiger charge is 2.16. The molecular weight excluding hydrogens is 217 g/mol. The molecule has 0 spiro atoms. The van der Waals surface area contributed by atoms with Crippen LogP contribution in [0.3, 0.4) is 0 Å². The maximum Gasteiger partial charge on any atom is 0.194 e. The van der Waals surface area contributed by atoms with E-state index in [1.54, 1.807) is 0 Å². The summed E-state index contributed by atoms with van der Waals surface area (Å²) < 4.78 is 38.0. The lowest BCUT2D eigenvalue weighted by Crippen LogP contribution is -2.22. The molecule has 0 saturated heterocycles. The molecule has 6 heteroatoms. The molecule has 0 radical (unpaired) electrons. The van der Waals surface area contributed by atoms with E-state index in [2.05, 4.69) is 0 Å². The first-order chi connectivity index (χ1) is 6.07. The summed E-state index contributed by atoms with van der Waals surface area (Å²) in [6.45, 7) is -0.0258. The van der Waals surface area contributed by atoms with Gasteiger partial charge in [0.05, 0.1) is 0 Å². The molecule has 1 rings (SSSR count). The predicted octanol–water partition coefficient (Wildman–Crippen LogP) is 1.48. The van der Waals surface area contributed by atoms with Gasteiger partial charge in [-0.25, -0.2) is 13.2 Å². The standard InChI is InChI=1S/C8H9F3N2.ClH/c9-5-2-1-4(6(13)3-12)7(10)8(5)11;/h1-2,6H,3,12-13H2;1H/t6-;/m1./s1. The van der Waals surface area contributed by atoms with Crippen molar-refractivity contribution in [3.63, 3.8) is 0 Å². The fourth-order valence-electron chi connectivity index (χ4n) is 0.954. The van der Waals surface area contributed by atoms with Crippen LogP contribution >= 0.6 is 12.4 Å². The predicted molar refractivity (Wildman–Crippen MR) is 49.5 cm³/mol. The zero-order valence-electron chi connectivity index (χ0n) is 7.14. The number of benzene rings is 1. The molecule has 1 aromatic rings. The molecule has 0 amide bonds. The molecule has 0 aliphatic heterocycles. The molecule has 0 aliphatic carbocycles. The fourth-order valence-corrected chi connectivity index (χ4v) is 0.954. The summed E-state index contributed by atoms with van der Waals surface area (Å²) in [6, 6.07) is 1.10. The Labute approximate surface area is 85.5 Å². The largest absolute Gasteiger partial charge is 0.329 e. The Balaban J connectivity index is 0.00000169. The van der Waals surface area contributed by atoms with Gasteiger partial charge >= 0.3 is 0 Å². The summed E-state index contributed by atoms with van der Waals surface area (Å²) in [5.74, 6) is -4.01. The van der Waals surface area contributed by atoms with E-state index in [9.17, 15) is 13.2 Å². The van der Waals surface area contributed by atoms with E-state index in [0.717, 1.165) is 12.1 Å². The Hall–Kier alpha value is -0.780. The van der Waals surface area contributed by atoms with Gasteiger partial charge in [0.1, 0.15) is 0 Å². The van der Waals surface area contributed by atoms with Crippen molar-refractivity contribution in [2.75, 3.05) is 6.54 Å². The second-order valence-electron chi connectivity index (χ2n) is 2.61. The van der Waals surface area contributed by atoms with Crippen LogP contribution in [-0.2, 0) is 0 Å². The van der Waals surface area contributed by atoms with Gasteiger partial charge in [0, 0.05) is 18.2 Å². The Bertz CT molecular complexity index is 320. The molecule has 0 aliphatic rings. The van der Waals surface area contributed by atoms with E-state index < -0.39 is 23.5 Å². The van der Waals surface area contributed by atoms with E-state index >= 15 is 0 Å². The third-order valence-corrected chi connectivity index (χ3v) is 1.72. The summed E-state index contributed by atoms with van der Waals surface area (Å²) in [7, 11) is 0. The molecule has 0 unspecified atom stereocenters. The van der Waals surface area contributed by atoms with E-state index in [0.29, 0.717) is 0 Å². The Morgan fingerprint density at radius 3 is 2.21 bits per heavy atom. The van der Waals surface area contributed by atoms with Gasteiger partial charge in [-0.3, -0.25) is 0 Å². The van der Waals surface area contributed by atoms with Crippen molar-refractivity contribution >= 4 is 12.4 Å². The Morgan fingerprint density at radius 1 is 1.14 bits per heavy atom. The van der Waals surface area contributed by atoms with Crippen LogP contribution in [0.1, 0.15) is 11.6 Å². The molecule has 80 valence electrons. The molecule has 1 atom stereocenters. The fraction of sp³-hybridized carbons (Fsp3) is 0.250. The summed E-state index contributed by atoms with van der Waals surface area (Å²) in [4.78, 5) is 0. The van der Waals surface area contributed by atoms with Crippen LogP contribution in [0.2, 0.25) is 0 Å². The van der Waals surface area contributed by atoms with Crippen LogP contribution in [0.5, 0.6) is 0 Å². The highest BCUT2D eigenvalue weighted by molar-refractivity contribution is 5.85. The Kier molecular flexibility index (Phi) is 4.90. The van der Waals surface area contributed by atoms with Crippen LogP contribution in [0, 0.1) is 17.5 Å². The summed E-state index contributed by atoms with van der Waals surface area (Å²) in [6.07, 6.45) is 0. The number of hydrogen-bond donors (Lipinski definition) is 2. The third-order valence-electron chi connectivity index (χ3n) is 1.72. The minimum atomic E-state index is -1.51. The van der Waals surface area contributed by atoms with Gasteiger partial charge in [-0.15, -0.1) is 12.4 Å². The van der Waals surface area contributed by atoms with Crippen molar-refractivity contribution in [1.82, 2.24) is 0 Å². The lowest BCUT2D eigenvalue weighted by molar-refractivity contribution is 0.436. The number of hydrogen-bond acceptors (Lipinski definition) is 2. The molecule has 1 aromatic carbocycles. The normalized spacial score (nSPS) is 12.1. The van der Waals surface area contributed by atoms with Gasteiger partial charge in [-0.2, -0.15) is 0 Å². The average Bonchev–Trinajstić information content (AvgIpc) is 2.13. The number of halogens is 4. The molecule has 14 heavy (non-hydrogen) atoms.